The van der Waals surface area contributed by atoms with Gasteiger partial charge in [-0.05, 0) is 12.1 Å². The van der Waals surface area contributed by atoms with Crippen LogP contribution in [0.1, 0.15) is 0 Å². The number of ether oxygens (including phenoxy) is 4. The van der Waals surface area contributed by atoms with Gasteiger partial charge >= 0.3 is 18.3 Å². The van der Waals surface area contributed by atoms with Crippen molar-refractivity contribution in [3.63, 3.8) is 0 Å². The number of anilines is 1. The second-order valence-electron chi connectivity index (χ2n) is 4.88. The molecule has 0 bridgehead atoms. The van der Waals surface area contributed by atoms with Crippen LogP contribution in [0.15, 0.2) is 29.5 Å². The highest BCUT2D eigenvalue weighted by molar-refractivity contribution is 6.03. The Morgan fingerprint density at radius 1 is 1.15 bits per heavy atom. The number of nitrogens with zero attached hydrogens (tertiary/aromatic N) is 1. The fourth-order valence-corrected chi connectivity index (χ4v) is 2.24. The second-order valence-corrected chi connectivity index (χ2v) is 4.88. The minimum Gasteiger partial charge on any atom is -0.466 e. The summed E-state index contributed by atoms with van der Waals surface area (Å²) in [5, 5.41) is 0. The molecule has 0 N–H and O–H groups in total. The van der Waals surface area contributed by atoms with Gasteiger partial charge in [-0.2, -0.15) is 0 Å². The van der Waals surface area contributed by atoms with E-state index in [4.69, 9.17) is 4.74 Å². The summed E-state index contributed by atoms with van der Waals surface area (Å²) in [5.74, 6) is -3.78. The summed E-state index contributed by atoms with van der Waals surface area (Å²) in [7, 11) is 2.13. The van der Waals surface area contributed by atoms with Crippen LogP contribution < -0.4 is 9.64 Å². The van der Waals surface area contributed by atoms with Crippen LogP contribution in [0, 0.1) is 5.82 Å². The normalized spacial score (nSPS) is 14.9. The Morgan fingerprint density at radius 3 is 2.35 bits per heavy atom. The third kappa shape index (κ3) is 4.23. The molecule has 1 aromatic carbocycles. The lowest BCUT2D eigenvalue weighted by Gasteiger charge is -2.31. The van der Waals surface area contributed by atoms with E-state index in [1.807, 2.05) is 0 Å². The molecule has 0 fully saturated rings. The number of alkyl halides is 3. The van der Waals surface area contributed by atoms with Crippen LogP contribution >= 0.6 is 0 Å². The number of esters is 2. The van der Waals surface area contributed by atoms with E-state index < -0.39 is 29.9 Å². The second kappa shape index (κ2) is 7.60. The van der Waals surface area contributed by atoms with Gasteiger partial charge in [0.15, 0.2) is 5.82 Å². The van der Waals surface area contributed by atoms with Gasteiger partial charge in [-0.3, -0.25) is 0 Å². The van der Waals surface area contributed by atoms with Crippen molar-refractivity contribution in [2.75, 3.05) is 32.5 Å². The van der Waals surface area contributed by atoms with Crippen molar-refractivity contribution in [1.82, 2.24) is 0 Å². The molecule has 0 saturated heterocycles. The maximum Gasteiger partial charge on any atom is 0.573 e. The molecule has 142 valence electrons. The highest BCUT2D eigenvalue weighted by Crippen LogP contribution is 2.32. The van der Waals surface area contributed by atoms with Gasteiger partial charge in [0.25, 0.3) is 0 Å². The van der Waals surface area contributed by atoms with Gasteiger partial charge in [0.2, 0.25) is 0 Å². The fourth-order valence-electron chi connectivity index (χ4n) is 2.24. The zero-order valence-corrected chi connectivity index (χ0v) is 13.6. The maximum absolute atomic E-state index is 14.3. The largest absolute Gasteiger partial charge is 0.573 e. The van der Waals surface area contributed by atoms with Gasteiger partial charge in [0.05, 0.1) is 32.1 Å². The molecule has 1 heterocycles. The van der Waals surface area contributed by atoms with Crippen LogP contribution in [-0.4, -0.2) is 45.9 Å². The fraction of sp³-hybridized carbons (Fsp3) is 0.333. The minimum atomic E-state index is -4.99. The highest BCUT2D eigenvalue weighted by Gasteiger charge is 2.35. The summed E-state index contributed by atoms with van der Waals surface area (Å²) in [6, 6.07) is 2.29. The number of carbonyl (C=O) groups excluding carboxylic acids is 2. The average Bonchev–Trinajstić information content (AvgIpc) is 2.58. The molecule has 1 aromatic rings. The molecular weight excluding hydrogens is 366 g/mol. The third-order valence-electron chi connectivity index (χ3n) is 3.28. The van der Waals surface area contributed by atoms with E-state index in [2.05, 4.69) is 14.2 Å². The van der Waals surface area contributed by atoms with Crippen molar-refractivity contribution in [3.8, 4) is 5.75 Å². The van der Waals surface area contributed by atoms with Crippen LogP contribution in [0.5, 0.6) is 5.75 Å². The minimum absolute atomic E-state index is 0.222. The first-order valence-electron chi connectivity index (χ1n) is 6.98. The standard InChI is InChI=1S/C15H13F4NO6/c1-23-13(21)9-6-25-7-20(12(9)14(22)24-2)11-4-3-8(5-10(11)16)26-15(17,18)19/h3-5H,6-7H2,1-2H3. The van der Waals surface area contributed by atoms with Crippen molar-refractivity contribution >= 4 is 17.6 Å². The Kier molecular flexibility index (Phi) is 5.70. The van der Waals surface area contributed by atoms with Crippen LogP contribution in [0.25, 0.3) is 0 Å². The predicted octanol–water partition coefficient (Wildman–Crippen LogP) is 2.12. The van der Waals surface area contributed by atoms with Gasteiger partial charge in [0.1, 0.15) is 18.2 Å². The first kappa shape index (κ1) is 19.5. The summed E-state index contributed by atoms with van der Waals surface area (Å²) in [5.41, 5.74) is -0.879. The molecule has 0 amide bonds. The van der Waals surface area contributed by atoms with Crippen molar-refractivity contribution in [2.24, 2.45) is 0 Å². The number of benzene rings is 1. The summed E-state index contributed by atoms with van der Waals surface area (Å²) >= 11 is 0. The van der Waals surface area contributed by atoms with E-state index in [-0.39, 0.29) is 30.3 Å². The zero-order chi connectivity index (χ0) is 19.5. The molecule has 0 unspecified atom stereocenters. The van der Waals surface area contributed by atoms with Gasteiger partial charge < -0.3 is 23.8 Å². The van der Waals surface area contributed by atoms with E-state index in [1.54, 1.807) is 0 Å². The number of hydrogen-bond donors (Lipinski definition) is 0. The highest BCUT2D eigenvalue weighted by atomic mass is 19.4. The van der Waals surface area contributed by atoms with Crippen molar-refractivity contribution in [2.45, 2.75) is 6.36 Å². The summed E-state index contributed by atoms with van der Waals surface area (Å²) in [6.45, 7) is -0.633. The molecule has 7 nitrogen and oxygen atoms in total. The van der Waals surface area contributed by atoms with Gasteiger partial charge in [-0.15, -0.1) is 13.2 Å². The topological polar surface area (TPSA) is 74.3 Å². The Hall–Kier alpha value is -2.82. The smallest absolute Gasteiger partial charge is 0.466 e. The molecule has 0 atom stereocenters. The maximum atomic E-state index is 14.3. The van der Waals surface area contributed by atoms with Gasteiger partial charge in [0, 0.05) is 6.07 Å². The third-order valence-corrected chi connectivity index (χ3v) is 3.28. The molecule has 11 heteroatoms. The van der Waals surface area contributed by atoms with Crippen molar-refractivity contribution in [3.05, 3.63) is 35.3 Å². The van der Waals surface area contributed by atoms with Gasteiger partial charge in [-0.25, -0.2) is 14.0 Å². The lowest BCUT2D eigenvalue weighted by molar-refractivity contribution is -0.274. The van der Waals surface area contributed by atoms with Crippen LogP contribution in [-0.2, 0) is 23.8 Å². The van der Waals surface area contributed by atoms with E-state index in [0.29, 0.717) is 6.07 Å². The lowest BCUT2D eigenvalue weighted by Crippen LogP contribution is -2.39. The van der Waals surface area contributed by atoms with Crippen LogP contribution in [0.4, 0.5) is 23.2 Å². The number of carbonyl (C=O) groups is 2. The van der Waals surface area contributed by atoms with E-state index in [0.717, 1.165) is 31.3 Å². The Labute approximate surface area is 144 Å². The Morgan fingerprint density at radius 2 is 1.81 bits per heavy atom. The molecule has 0 aliphatic carbocycles. The monoisotopic (exact) mass is 379 g/mol. The summed E-state index contributed by atoms with van der Waals surface area (Å²) in [4.78, 5) is 24.9. The average molecular weight is 379 g/mol. The number of rotatable bonds is 4. The molecular formula is C15H13F4NO6. The van der Waals surface area contributed by atoms with Crippen LogP contribution in [0.3, 0.4) is 0 Å². The first-order valence-corrected chi connectivity index (χ1v) is 6.98. The number of hydrogen-bond acceptors (Lipinski definition) is 7. The molecule has 1 aliphatic heterocycles. The predicted molar refractivity (Wildman–Crippen MR) is 77.4 cm³/mol. The quantitative estimate of drug-likeness (QED) is 0.586. The molecule has 2 rings (SSSR count). The summed E-state index contributed by atoms with van der Waals surface area (Å²) < 4.78 is 68.9. The summed E-state index contributed by atoms with van der Waals surface area (Å²) in [6.07, 6.45) is -4.99. The molecule has 1 aliphatic rings. The van der Waals surface area contributed by atoms with E-state index in [1.165, 1.54) is 0 Å². The molecule has 26 heavy (non-hydrogen) atoms. The Bertz CT molecular complexity index is 746. The molecule has 0 spiro atoms. The molecule has 0 saturated carbocycles. The lowest BCUT2D eigenvalue weighted by atomic mass is 10.1. The zero-order valence-electron chi connectivity index (χ0n) is 13.6. The van der Waals surface area contributed by atoms with E-state index in [9.17, 15) is 27.2 Å². The van der Waals surface area contributed by atoms with Crippen LogP contribution in [0.2, 0.25) is 0 Å². The van der Waals surface area contributed by atoms with Crippen molar-refractivity contribution in [1.29, 1.82) is 0 Å². The van der Waals surface area contributed by atoms with Gasteiger partial charge in [-0.1, -0.05) is 0 Å². The number of methoxy groups -OCH3 is 2. The van der Waals surface area contributed by atoms with Crippen molar-refractivity contribution < 1.29 is 46.1 Å². The molecule has 0 aromatic heterocycles. The SMILES string of the molecule is COC(=O)C1=C(C(=O)OC)N(c2ccc(OC(F)(F)F)cc2F)COC1. The Balaban J connectivity index is 2.48. The van der Waals surface area contributed by atoms with E-state index >= 15 is 0 Å². The molecule has 0 radical (unpaired) electrons. The first-order chi connectivity index (χ1) is 12.2. The number of halogens is 4.